The van der Waals surface area contributed by atoms with Crippen molar-refractivity contribution in [1.82, 2.24) is 0 Å². The van der Waals surface area contributed by atoms with Crippen LogP contribution in [0.3, 0.4) is 0 Å². The summed E-state index contributed by atoms with van der Waals surface area (Å²) in [5.41, 5.74) is 0. The van der Waals surface area contributed by atoms with Gasteiger partial charge in [-0.15, -0.1) is 12.4 Å². The molecular weight excluding hydrogens is 190 g/mol. The summed E-state index contributed by atoms with van der Waals surface area (Å²) in [5, 5.41) is 2.77. The van der Waals surface area contributed by atoms with E-state index in [1.807, 2.05) is 0 Å². The van der Waals surface area contributed by atoms with Gasteiger partial charge < -0.3 is 0 Å². The molecule has 0 aromatic carbocycles. The van der Waals surface area contributed by atoms with Gasteiger partial charge in [-0.25, -0.2) is 14.1 Å². The molecule has 0 fully saturated rings. The second-order valence-corrected chi connectivity index (χ2v) is 8.13. The monoisotopic (exact) mass is 200 g/mol. The quantitative estimate of drug-likeness (QED) is 0.603. The lowest BCUT2D eigenvalue weighted by molar-refractivity contribution is 1.35. The molecule has 7 heavy (non-hydrogen) atoms. The SMILES string of the molecule is C[CH2][Al]([Br])[CH2]C.Cl. The van der Waals surface area contributed by atoms with E-state index in [0.717, 1.165) is 0 Å². The van der Waals surface area contributed by atoms with Gasteiger partial charge in [0, 0.05) is 0 Å². The second kappa shape index (κ2) is 7.30. The fourth-order valence-corrected chi connectivity index (χ4v) is 0.866. The lowest BCUT2D eigenvalue weighted by Gasteiger charge is -1.87. The largest absolute Gasteiger partial charge is 0.365 e. The van der Waals surface area contributed by atoms with Crippen LogP contribution in [0.25, 0.3) is 0 Å². The third-order valence-electron chi connectivity index (χ3n) is 0.886. The van der Waals surface area contributed by atoms with E-state index in [1.54, 1.807) is 0 Å². The molecule has 0 unspecified atom stereocenters. The normalized spacial score (nSPS) is 7.29. The fraction of sp³-hybridized carbons (Fsp3) is 1.00. The summed E-state index contributed by atoms with van der Waals surface area (Å²) in [4.78, 5) is 0. The molecule has 0 bridgehead atoms. The van der Waals surface area contributed by atoms with Crippen molar-refractivity contribution >= 4 is 38.8 Å². The molecule has 0 aromatic heterocycles. The Hall–Kier alpha value is 1.30. The smallest absolute Gasteiger partial charge is 0.217 e. The summed E-state index contributed by atoms with van der Waals surface area (Å²) in [6.07, 6.45) is 0. The average Bonchev–Trinajstić information content (AvgIpc) is 1.65. The lowest BCUT2D eigenvalue weighted by Crippen LogP contribution is -1.94. The summed E-state index contributed by atoms with van der Waals surface area (Å²) in [5.74, 6) is 0. The lowest BCUT2D eigenvalue weighted by atomic mass is 10.9. The zero-order chi connectivity index (χ0) is 4.99. The maximum atomic E-state index is 3.61. The van der Waals surface area contributed by atoms with Crippen LogP contribution in [0.1, 0.15) is 13.8 Å². The molecule has 0 amide bonds. The van der Waals surface area contributed by atoms with Crippen LogP contribution in [0.2, 0.25) is 10.6 Å². The molecule has 0 heterocycles. The first kappa shape index (κ1) is 11.1. The highest BCUT2D eigenvalue weighted by atomic mass is 79.9. The molecule has 0 aromatic rings. The van der Waals surface area contributed by atoms with E-state index in [1.165, 1.54) is 10.6 Å². The Morgan fingerprint density at radius 3 is 1.57 bits per heavy atom. The Morgan fingerprint density at radius 1 is 1.29 bits per heavy atom. The van der Waals surface area contributed by atoms with Gasteiger partial charge >= 0.3 is 12.3 Å². The maximum absolute atomic E-state index is 3.61. The topological polar surface area (TPSA) is 0 Å². The molecule has 0 aliphatic heterocycles. The van der Waals surface area contributed by atoms with Gasteiger partial charge in [-0.3, -0.25) is 0 Å². The van der Waals surface area contributed by atoms with Gasteiger partial charge in [-0.05, 0) is 0 Å². The van der Waals surface area contributed by atoms with E-state index >= 15 is 0 Å². The van der Waals surface area contributed by atoms with Crippen molar-refractivity contribution < 1.29 is 0 Å². The molecule has 0 aliphatic rings. The van der Waals surface area contributed by atoms with Gasteiger partial charge in [-0.2, -0.15) is 0 Å². The molecule has 44 valence electrons. The van der Waals surface area contributed by atoms with Gasteiger partial charge in [-0.1, -0.05) is 24.4 Å². The summed E-state index contributed by atoms with van der Waals surface area (Å²) in [7, 11) is 0. The molecule has 0 aliphatic carbocycles. The van der Waals surface area contributed by atoms with Crippen molar-refractivity contribution in [2.75, 3.05) is 0 Å². The molecule has 0 N–H and O–H groups in total. The fourth-order valence-electron chi connectivity index (χ4n) is 0.289. The Bertz CT molecular complexity index is 30.9. The summed E-state index contributed by atoms with van der Waals surface area (Å²) in [6, 6.07) is 0. The Balaban J connectivity index is 0. The highest BCUT2D eigenvalue weighted by molar-refractivity contribution is 9.24. The average molecular weight is 201 g/mol. The highest BCUT2D eigenvalue weighted by Crippen LogP contribution is 2.03. The summed E-state index contributed by atoms with van der Waals surface area (Å²) in [6.45, 7) is 4.49. The highest BCUT2D eigenvalue weighted by Gasteiger charge is 2.03. The number of hydrogen-bond donors (Lipinski definition) is 0. The zero-order valence-corrected chi connectivity index (χ0v) is 8.33. The minimum absolute atomic E-state index is 0. The third kappa shape index (κ3) is 7.30. The molecule has 0 spiro atoms. The van der Waals surface area contributed by atoms with Crippen LogP contribution in [-0.4, -0.2) is 12.3 Å². The Kier molecular flexibility index (Phi) is 11.6. The van der Waals surface area contributed by atoms with E-state index < -0.39 is 0 Å². The summed E-state index contributed by atoms with van der Waals surface area (Å²) < 4.78 is 0. The van der Waals surface area contributed by atoms with Gasteiger partial charge in [0.2, 0.25) is 0 Å². The molecule has 0 nitrogen and oxygen atoms in total. The number of rotatable bonds is 2. The van der Waals surface area contributed by atoms with E-state index in [9.17, 15) is 0 Å². The minimum Gasteiger partial charge on any atom is -0.217 e. The van der Waals surface area contributed by atoms with Crippen LogP contribution in [0.15, 0.2) is 0 Å². The molecule has 0 rings (SSSR count). The zero-order valence-electron chi connectivity index (χ0n) is 4.78. The van der Waals surface area contributed by atoms with Crippen LogP contribution < -0.4 is 0 Å². The third-order valence-corrected chi connectivity index (χ3v) is 6.54. The van der Waals surface area contributed by atoms with Crippen molar-refractivity contribution in [3.8, 4) is 0 Å². The van der Waals surface area contributed by atoms with Gasteiger partial charge in [0.15, 0.2) is 0 Å². The maximum Gasteiger partial charge on any atom is 0.365 e. The molecule has 0 atom stereocenters. The van der Waals surface area contributed by atoms with Crippen molar-refractivity contribution in [2.24, 2.45) is 0 Å². The van der Waals surface area contributed by atoms with E-state index in [-0.39, 0.29) is 24.7 Å². The van der Waals surface area contributed by atoms with E-state index in [2.05, 4.69) is 27.9 Å². The molecular formula is C4H11AlBrCl. The van der Waals surface area contributed by atoms with Crippen molar-refractivity contribution in [1.29, 1.82) is 0 Å². The second-order valence-electron chi connectivity index (χ2n) is 1.41. The van der Waals surface area contributed by atoms with Gasteiger partial charge in [0.05, 0.1) is 0 Å². The first-order valence-corrected chi connectivity index (χ1v) is 7.27. The van der Waals surface area contributed by atoms with Crippen molar-refractivity contribution in [2.45, 2.75) is 24.4 Å². The number of hydrogen-bond acceptors (Lipinski definition) is 0. The van der Waals surface area contributed by atoms with Crippen LogP contribution in [0, 0.1) is 0 Å². The standard InChI is InChI=1S/2C2H5.Al.BrH.ClH/c2*1-2;;;/h2*1H2,2H3;;2*1H/q;;+1;;/p-1. The minimum atomic E-state index is -0.348. The number of halogens is 2. The molecule has 0 radical (unpaired) electrons. The van der Waals surface area contributed by atoms with E-state index in [0.29, 0.717) is 0 Å². The van der Waals surface area contributed by atoms with Crippen molar-refractivity contribution in [3.05, 3.63) is 0 Å². The van der Waals surface area contributed by atoms with E-state index in [4.69, 9.17) is 0 Å². The van der Waals surface area contributed by atoms with Gasteiger partial charge in [0.1, 0.15) is 0 Å². The first-order chi connectivity index (χ1) is 2.81. The molecule has 0 saturated heterocycles. The van der Waals surface area contributed by atoms with Crippen LogP contribution in [0.5, 0.6) is 0 Å². The van der Waals surface area contributed by atoms with Gasteiger partial charge in [0.25, 0.3) is 0 Å². The summed E-state index contributed by atoms with van der Waals surface area (Å²) >= 11 is 3.27. The predicted octanol–water partition coefficient (Wildman–Crippen LogP) is 2.83. The van der Waals surface area contributed by atoms with Crippen LogP contribution >= 0.6 is 26.5 Å². The van der Waals surface area contributed by atoms with Crippen LogP contribution in [0.4, 0.5) is 0 Å². The van der Waals surface area contributed by atoms with Crippen LogP contribution in [-0.2, 0) is 0 Å². The Labute approximate surface area is 63.1 Å². The first-order valence-electron chi connectivity index (χ1n) is 2.45. The molecule has 0 saturated carbocycles. The predicted molar refractivity (Wildman–Crippen MR) is 42.9 cm³/mol. The van der Waals surface area contributed by atoms with Crippen molar-refractivity contribution in [3.63, 3.8) is 0 Å². The molecule has 3 heteroatoms. The Morgan fingerprint density at radius 2 is 1.57 bits per heavy atom.